The van der Waals surface area contributed by atoms with Gasteiger partial charge in [0.15, 0.2) is 0 Å². The molecule has 1 aromatic heterocycles. The van der Waals surface area contributed by atoms with Crippen LogP contribution in [0.2, 0.25) is 5.15 Å². The number of nitrogens with one attached hydrogen (secondary N) is 1. The molecule has 2 rings (SSSR count). The number of rotatable bonds is 3. The molecule has 4 nitrogen and oxygen atoms in total. The molecule has 0 saturated heterocycles. The summed E-state index contributed by atoms with van der Waals surface area (Å²) in [4.78, 5) is 15.7. The smallest absolute Gasteiger partial charge is 0.253 e. The van der Waals surface area contributed by atoms with Crippen LogP contribution in [-0.2, 0) is 0 Å². The van der Waals surface area contributed by atoms with Crippen LogP contribution in [0.5, 0.6) is 0 Å². The summed E-state index contributed by atoms with van der Waals surface area (Å²) >= 11 is 5.63. The first kappa shape index (κ1) is 11.4. The van der Waals surface area contributed by atoms with E-state index in [-0.39, 0.29) is 12.5 Å². The Hall–Kier alpha value is -1.13. The van der Waals surface area contributed by atoms with E-state index >= 15 is 0 Å². The van der Waals surface area contributed by atoms with Crippen LogP contribution in [0.4, 0.5) is 0 Å². The summed E-state index contributed by atoms with van der Waals surface area (Å²) in [6, 6.07) is 3.19. The zero-order valence-corrected chi connectivity index (χ0v) is 9.50. The molecular formula is C11H13ClN2O2. The molecule has 0 unspecified atom stereocenters. The van der Waals surface area contributed by atoms with Crippen molar-refractivity contribution in [3.05, 3.63) is 29.0 Å². The number of hydrogen-bond acceptors (Lipinski definition) is 3. The Bertz CT molecular complexity index is 382. The number of amides is 1. The van der Waals surface area contributed by atoms with Crippen LogP contribution in [0.15, 0.2) is 18.3 Å². The molecule has 5 heteroatoms. The lowest BCUT2D eigenvalue weighted by atomic mass is 9.77. The Morgan fingerprint density at radius 3 is 2.75 bits per heavy atom. The van der Waals surface area contributed by atoms with Crippen LogP contribution in [-0.4, -0.2) is 28.1 Å². The molecule has 86 valence electrons. The van der Waals surface area contributed by atoms with Crippen molar-refractivity contribution in [1.29, 1.82) is 0 Å². The molecule has 1 aliphatic rings. The predicted octanol–water partition coefficient (Wildman–Crippen LogP) is 1.38. The minimum Gasteiger partial charge on any atom is -0.394 e. The molecule has 1 saturated carbocycles. The molecule has 1 amide bonds. The minimum absolute atomic E-state index is 0.0141. The van der Waals surface area contributed by atoms with Crippen molar-refractivity contribution < 1.29 is 9.90 Å². The number of aliphatic hydroxyl groups is 1. The van der Waals surface area contributed by atoms with Crippen molar-refractivity contribution in [2.75, 3.05) is 6.61 Å². The van der Waals surface area contributed by atoms with E-state index in [0.29, 0.717) is 10.7 Å². The Balaban J connectivity index is 2.05. The molecule has 0 atom stereocenters. The standard InChI is InChI=1S/C11H13ClN2O2/c12-9-3-2-8(6-13-9)10(16)14-11(7-15)4-1-5-11/h2-3,6,15H,1,4-5,7H2,(H,14,16). The van der Waals surface area contributed by atoms with Crippen molar-refractivity contribution in [1.82, 2.24) is 10.3 Å². The highest BCUT2D eigenvalue weighted by Crippen LogP contribution is 2.31. The zero-order chi connectivity index (χ0) is 11.6. The Morgan fingerprint density at radius 1 is 1.56 bits per heavy atom. The highest BCUT2D eigenvalue weighted by Gasteiger charge is 2.37. The Morgan fingerprint density at radius 2 is 2.31 bits per heavy atom. The van der Waals surface area contributed by atoms with Gasteiger partial charge in [0.1, 0.15) is 5.15 Å². The molecule has 0 spiro atoms. The van der Waals surface area contributed by atoms with E-state index in [4.69, 9.17) is 11.6 Å². The lowest BCUT2D eigenvalue weighted by Crippen LogP contribution is -2.56. The van der Waals surface area contributed by atoms with E-state index in [2.05, 4.69) is 10.3 Å². The van der Waals surface area contributed by atoms with Gasteiger partial charge in [-0.05, 0) is 31.4 Å². The number of pyridine rings is 1. The van der Waals surface area contributed by atoms with Crippen LogP contribution in [0.1, 0.15) is 29.6 Å². The molecule has 1 aliphatic carbocycles. The van der Waals surface area contributed by atoms with Crippen LogP contribution in [0, 0.1) is 0 Å². The lowest BCUT2D eigenvalue weighted by molar-refractivity contribution is 0.0641. The van der Waals surface area contributed by atoms with Crippen molar-refractivity contribution >= 4 is 17.5 Å². The average molecular weight is 241 g/mol. The minimum atomic E-state index is -0.420. The van der Waals surface area contributed by atoms with E-state index in [1.54, 1.807) is 12.1 Å². The van der Waals surface area contributed by atoms with Gasteiger partial charge in [0.05, 0.1) is 17.7 Å². The molecule has 2 N–H and O–H groups in total. The van der Waals surface area contributed by atoms with Crippen LogP contribution < -0.4 is 5.32 Å². The monoisotopic (exact) mass is 240 g/mol. The molecule has 1 fully saturated rings. The second-order valence-corrected chi connectivity index (χ2v) is 4.50. The van der Waals surface area contributed by atoms with Crippen LogP contribution in [0.3, 0.4) is 0 Å². The lowest BCUT2D eigenvalue weighted by Gasteiger charge is -2.40. The van der Waals surface area contributed by atoms with Crippen molar-refractivity contribution in [3.63, 3.8) is 0 Å². The van der Waals surface area contributed by atoms with Gasteiger partial charge in [-0.1, -0.05) is 11.6 Å². The predicted molar refractivity (Wildman–Crippen MR) is 60.4 cm³/mol. The molecule has 0 aliphatic heterocycles. The third kappa shape index (κ3) is 2.18. The highest BCUT2D eigenvalue weighted by molar-refractivity contribution is 6.29. The second-order valence-electron chi connectivity index (χ2n) is 4.12. The summed E-state index contributed by atoms with van der Waals surface area (Å²) in [5, 5.41) is 12.4. The number of carbonyl (C=O) groups is 1. The molecule has 16 heavy (non-hydrogen) atoms. The number of carbonyl (C=O) groups excluding carboxylic acids is 1. The fourth-order valence-electron chi connectivity index (χ4n) is 1.75. The number of aromatic nitrogens is 1. The van der Waals surface area contributed by atoms with E-state index in [1.165, 1.54) is 6.20 Å². The van der Waals surface area contributed by atoms with Gasteiger partial charge in [-0.2, -0.15) is 0 Å². The summed E-state index contributed by atoms with van der Waals surface area (Å²) in [6.45, 7) is -0.0141. The van der Waals surface area contributed by atoms with Gasteiger partial charge in [-0.15, -0.1) is 0 Å². The van der Waals surface area contributed by atoms with Gasteiger partial charge < -0.3 is 10.4 Å². The molecule has 1 aromatic rings. The van der Waals surface area contributed by atoms with Crippen molar-refractivity contribution in [2.24, 2.45) is 0 Å². The maximum absolute atomic E-state index is 11.8. The Kier molecular flexibility index (Phi) is 3.12. The number of halogens is 1. The number of aliphatic hydroxyl groups excluding tert-OH is 1. The third-order valence-electron chi connectivity index (χ3n) is 2.98. The van der Waals surface area contributed by atoms with Crippen LogP contribution >= 0.6 is 11.6 Å². The Labute approximate surface area is 98.6 Å². The van der Waals surface area contributed by atoms with E-state index in [9.17, 15) is 9.90 Å². The van der Waals surface area contributed by atoms with Gasteiger partial charge in [-0.25, -0.2) is 4.98 Å². The molecule has 0 radical (unpaired) electrons. The van der Waals surface area contributed by atoms with Gasteiger partial charge in [0.25, 0.3) is 5.91 Å². The van der Waals surface area contributed by atoms with E-state index in [0.717, 1.165) is 19.3 Å². The quantitative estimate of drug-likeness (QED) is 0.785. The first-order valence-electron chi connectivity index (χ1n) is 5.20. The van der Waals surface area contributed by atoms with E-state index in [1.807, 2.05) is 0 Å². The summed E-state index contributed by atoms with van der Waals surface area (Å²) in [7, 11) is 0. The normalized spacial score (nSPS) is 17.6. The largest absolute Gasteiger partial charge is 0.394 e. The summed E-state index contributed by atoms with van der Waals surface area (Å²) in [5.74, 6) is -0.210. The summed E-state index contributed by atoms with van der Waals surface area (Å²) in [5.41, 5.74) is 0.0422. The molecule has 1 heterocycles. The van der Waals surface area contributed by atoms with Crippen LogP contribution in [0.25, 0.3) is 0 Å². The van der Waals surface area contributed by atoms with Gasteiger partial charge >= 0.3 is 0 Å². The third-order valence-corrected chi connectivity index (χ3v) is 3.21. The molecule has 0 aromatic carbocycles. The fourth-order valence-corrected chi connectivity index (χ4v) is 1.86. The molecular weight excluding hydrogens is 228 g/mol. The number of hydrogen-bond donors (Lipinski definition) is 2. The fraction of sp³-hybridized carbons (Fsp3) is 0.455. The summed E-state index contributed by atoms with van der Waals surface area (Å²) < 4.78 is 0. The SMILES string of the molecule is O=C(NC1(CO)CCC1)c1ccc(Cl)nc1. The van der Waals surface area contributed by atoms with E-state index < -0.39 is 5.54 Å². The topological polar surface area (TPSA) is 62.2 Å². The van der Waals surface area contributed by atoms with Crippen molar-refractivity contribution in [3.8, 4) is 0 Å². The first-order chi connectivity index (χ1) is 7.65. The van der Waals surface area contributed by atoms with Gasteiger partial charge in [0, 0.05) is 6.20 Å². The second kappa shape index (κ2) is 4.39. The highest BCUT2D eigenvalue weighted by atomic mass is 35.5. The average Bonchev–Trinajstić information content (AvgIpc) is 2.24. The van der Waals surface area contributed by atoms with Crippen molar-refractivity contribution in [2.45, 2.75) is 24.8 Å². The zero-order valence-electron chi connectivity index (χ0n) is 8.74. The summed E-state index contributed by atoms with van der Waals surface area (Å²) in [6.07, 6.45) is 4.13. The molecule has 0 bridgehead atoms. The maximum Gasteiger partial charge on any atom is 0.253 e. The van der Waals surface area contributed by atoms with Gasteiger partial charge in [-0.3, -0.25) is 4.79 Å². The van der Waals surface area contributed by atoms with Gasteiger partial charge in [0.2, 0.25) is 0 Å². The maximum atomic E-state index is 11.8. The number of nitrogens with zero attached hydrogens (tertiary/aromatic N) is 1. The first-order valence-corrected chi connectivity index (χ1v) is 5.58.